The van der Waals surface area contributed by atoms with E-state index in [-0.39, 0.29) is 23.1 Å². The third-order valence-electron chi connectivity index (χ3n) is 4.18. The second-order valence-corrected chi connectivity index (χ2v) is 5.48. The predicted molar refractivity (Wildman–Crippen MR) is 70.1 cm³/mol. The predicted octanol–water partition coefficient (Wildman–Crippen LogP) is 2.04. The SMILES string of the molecule is CC(N(C)C(=O)c1ccc(C(=O)O)nc1)C1(C)CC1. The summed E-state index contributed by atoms with van der Waals surface area (Å²) >= 11 is 0. The average molecular weight is 262 g/mol. The number of hydrogen-bond acceptors (Lipinski definition) is 3. The Morgan fingerprint density at radius 2 is 2.05 bits per heavy atom. The van der Waals surface area contributed by atoms with Gasteiger partial charge in [-0.2, -0.15) is 0 Å². The van der Waals surface area contributed by atoms with Crippen molar-refractivity contribution in [3.63, 3.8) is 0 Å². The first kappa shape index (κ1) is 13.5. The van der Waals surface area contributed by atoms with Gasteiger partial charge in [-0.05, 0) is 37.3 Å². The number of aromatic nitrogens is 1. The van der Waals surface area contributed by atoms with E-state index in [1.807, 2.05) is 6.92 Å². The molecule has 0 saturated heterocycles. The molecule has 1 atom stereocenters. The molecule has 0 radical (unpaired) electrons. The van der Waals surface area contributed by atoms with Crippen LogP contribution < -0.4 is 0 Å². The number of carboxylic acid groups (broad SMARTS) is 1. The van der Waals surface area contributed by atoms with Crippen LogP contribution in [0.15, 0.2) is 18.3 Å². The van der Waals surface area contributed by atoms with E-state index in [2.05, 4.69) is 11.9 Å². The standard InChI is InChI=1S/C14H18N2O3/c1-9(14(2)6-7-14)16(3)12(17)10-4-5-11(13(18)19)15-8-10/h4-5,8-9H,6-7H2,1-3H3,(H,18,19). The summed E-state index contributed by atoms with van der Waals surface area (Å²) < 4.78 is 0. The van der Waals surface area contributed by atoms with Gasteiger partial charge in [-0.1, -0.05) is 6.92 Å². The van der Waals surface area contributed by atoms with Crippen LogP contribution in [0.5, 0.6) is 0 Å². The van der Waals surface area contributed by atoms with Crippen molar-refractivity contribution in [2.24, 2.45) is 5.41 Å². The molecule has 1 aliphatic carbocycles. The van der Waals surface area contributed by atoms with Gasteiger partial charge in [-0.25, -0.2) is 9.78 Å². The van der Waals surface area contributed by atoms with Crippen molar-refractivity contribution >= 4 is 11.9 Å². The number of carbonyl (C=O) groups is 2. The lowest BCUT2D eigenvalue weighted by Gasteiger charge is -2.30. The van der Waals surface area contributed by atoms with Crippen LogP contribution in [0.25, 0.3) is 0 Å². The van der Waals surface area contributed by atoms with Crippen molar-refractivity contribution in [3.05, 3.63) is 29.6 Å². The van der Waals surface area contributed by atoms with Gasteiger partial charge < -0.3 is 10.0 Å². The highest BCUT2D eigenvalue weighted by Gasteiger charge is 2.45. The summed E-state index contributed by atoms with van der Waals surface area (Å²) in [6.07, 6.45) is 3.61. The lowest BCUT2D eigenvalue weighted by Crippen LogP contribution is -2.40. The van der Waals surface area contributed by atoms with Gasteiger partial charge in [0.05, 0.1) is 5.56 Å². The average Bonchev–Trinajstić information content (AvgIpc) is 3.15. The van der Waals surface area contributed by atoms with Crippen LogP contribution in [-0.2, 0) is 0 Å². The number of rotatable bonds is 4. The quantitative estimate of drug-likeness (QED) is 0.901. The Kier molecular flexibility index (Phi) is 3.30. The van der Waals surface area contributed by atoms with E-state index in [1.165, 1.54) is 18.3 Å². The summed E-state index contributed by atoms with van der Waals surface area (Å²) in [6, 6.07) is 3.03. The number of carbonyl (C=O) groups excluding carboxylic acids is 1. The van der Waals surface area contributed by atoms with Crippen molar-refractivity contribution in [1.82, 2.24) is 9.88 Å². The molecule has 1 saturated carbocycles. The molecular weight excluding hydrogens is 244 g/mol. The Bertz CT molecular complexity index is 506. The Morgan fingerprint density at radius 3 is 2.47 bits per heavy atom. The molecule has 1 aromatic rings. The highest BCUT2D eigenvalue weighted by Crippen LogP contribution is 2.49. The minimum absolute atomic E-state index is 0.0543. The van der Waals surface area contributed by atoms with Crippen LogP contribution in [0.4, 0.5) is 0 Å². The van der Waals surface area contributed by atoms with Crippen LogP contribution in [0, 0.1) is 5.41 Å². The molecule has 19 heavy (non-hydrogen) atoms. The van der Waals surface area contributed by atoms with E-state index in [9.17, 15) is 9.59 Å². The lowest BCUT2D eigenvalue weighted by atomic mass is 9.99. The fraction of sp³-hybridized carbons (Fsp3) is 0.500. The fourth-order valence-corrected chi connectivity index (χ4v) is 2.11. The van der Waals surface area contributed by atoms with Crippen molar-refractivity contribution in [2.75, 3.05) is 7.05 Å². The fourth-order valence-electron chi connectivity index (χ4n) is 2.11. The van der Waals surface area contributed by atoms with E-state index in [0.717, 1.165) is 12.8 Å². The summed E-state index contributed by atoms with van der Waals surface area (Å²) in [7, 11) is 1.78. The number of carboxylic acids is 1. The summed E-state index contributed by atoms with van der Waals surface area (Å²) in [5.41, 5.74) is 0.587. The van der Waals surface area contributed by atoms with Gasteiger partial charge >= 0.3 is 5.97 Å². The second kappa shape index (κ2) is 4.64. The minimum Gasteiger partial charge on any atom is -0.477 e. The van der Waals surface area contributed by atoms with E-state index >= 15 is 0 Å². The lowest BCUT2D eigenvalue weighted by molar-refractivity contribution is 0.0672. The molecular formula is C14H18N2O3. The number of nitrogens with zero attached hydrogens (tertiary/aromatic N) is 2. The highest BCUT2D eigenvalue weighted by atomic mass is 16.4. The molecule has 1 unspecified atom stereocenters. The maximum absolute atomic E-state index is 12.3. The number of hydrogen-bond donors (Lipinski definition) is 1. The normalized spacial score (nSPS) is 17.6. The largest absolute Gasteiger partial charge is 0.477 e. The van der Waals surface area contributed by atoms with Crippen LogP contribution in [0.3, 0.4) is 0 Å². The second-order valence-electron chi connectivity index (χ2n) is 5.48. The van der Waals surface area contributed by atoms with Gasteiger partial charge in [0.2, 0.25) is 0 Å². The van der Waals surface area contributed by atoms with Crippen molar-refractivity contribution in [1.29, 1.82) is 0 Å². The van der Waals surface area contributed by atoms with Gasteiger partial charge in [-0.3, -0.25) is 4.79 Å². The molecule has 0 aliphatic heterocycles. The maximum Gasteiger partial charge on any atom is 0.354 e. The monoisotopic (exact) mass is 262 g/mol. The highest BCUT2D eigenvalue weighted by molar-refractivity contribution is 5.95. The van der Waals surface area contributed by atoms with E-state index in [0.29, 0.717) is 5.56 Å². The molecule has 1 aliphatic rings. The molecule has 1 aromatic heterocycles. The number of pyridine rings is 1. The topological polar surface area (TPSA) is 70.5 Å². The molecule has 1 N–H and O–H groups in total. The Hall–Kier alpha value is -1.91. The number of amides is 1. The third kappa shape index (κ3) is 2.59. The van der Waals surface area contributed by atoms with Crippen molar-refractivity contribution < 1.29 is 14.7 Å². The molecule has 5 heteroatoms. The van der Waals surface area contributed by atoms with Crippen LogP contribution >= 0.6 is 0 Å². The maximum atomic E-state index is 12.3. The first-order valence-corrected chi connectivity index (χ1v) is 6.32. The number of aromatic carboxylic acids is 1. The van der Waals surface area contributed by atoms with E-state index in [4.69, 9.17) is 5.11 Å². The molecule has 0 spiro atoms. The Morgan fingerprint density at radius 1 is 1.42 bits per heavy atom. The van der Waals surface area contributed by atoms with Gasteiger partial charge in [0.1, 0.15) is 5.69 Å². The zero-order chi connectivity index (χ0) is 14.2. The third-order valence-corrected chi connectivity index (χ3v) is 4.18. The molecule has 1 heterocycles. The summed E-state index contributed by atoms with van der Waals surface area (Å²) in [6.45, 7) is 4.22. The molecule has 0 bridgehead atoms. The molecule has 5 nitrogen and oxygen atoms in total. The zero-order valence-electron chi connectivity index (χ0n) is 11.4. The van der Waals surface area contributed by atoms with Crippen LogP contribution in [0.1, 0.15) is 47.5 Å². The van der Waals surface area contributed by atoms with Crippen molar-refractivity contribution in [3.8, 4) is 0 Å². The molecule has 1 fully saturated rings. The summed E-state index contributed by atoms with van der Waals surface area (Å²) in [5.74, 6) is -1.21. The summed E-state index contributed by atoms with van der Waals surface area (Å²) in [5, 5.41) is 8.77. The zero-order valence-corrected chi connectivity index (χ0v) is 11.4. The van der Waals surface area contributed by atoms with Crippen LogP contribution in [0.2, 0.25) is 0 Å². The first-order valence-electron chi connectivity index (χ1n) is 6.32. The molecule has 102 valence electrons. The van der Waals surface area contributed by atoms with Gasteiger partial charge in [0.25, 0.3) is 5.91 Å². The van der Waals surface area contributed by atoms with Gasteiger partial charge in [0.15, 0.2) is 0 Å². The smallest absolute Gasteiger partial charge is 0.354 e. The Balaban J connectivity index is 2.12. The van der Waals surface area contributed by atoms with Gasteiger partial charge in [-0.15, -0.1) is 0 Å². The minimum atomic E-state index is -1.09. The van der Waals surface area contributed by atoms with Crippen LogP contribution in [-0.4, -0.2) is 40.0 Å². The molecule has 1 amide bonds. The van der Waals surface area contributed by atoms with Crippen molar-refractivity contribution in [2.45, 2.75) is 32.7 Å². The van der Waals surface area contributed by atoms with E-state index in [1.54, 1.807) is 11.9 Å². The first-order chi connectivity index (χ1) is 8.85. The van der Waals surface area contributed by atoms with Gasteiger partial charge in [0, 0.05) is 19.3 Å². The summed E-state index contributed by atoms with van der Waals surface area (Å²) in [4.78, 5) is 28.5. The Labute approximate surface area is 112 Å². The molecule has 2 rings (SSSR count). The molecule has 0 aromatic carbocycles. The van der Waals surface area contributed by atoms with E-state index < -0.39 is 5.97 Å².